The molecule has 0 radical (unpaired) electrons. The molecule has 0 spiro atoms. The highest BCUT2D eigenvalue weighted by Crippen LogP contribution is 2.25. The lowest BCUT2D eigenvalue weighted by Crippen LogP contribution is -2.28. The van der Waals surface area contributed by atoms with Crippen LogP contribution in [0.4, 0.5) is 10.5 Å². The summed E-state index contributed by atoms with van der Waals surface area (Å²) in [4.78, 5) is 15.9. The number of urea groups is 1. The topological polar surface area (TPSA) is 54.0 Å². The van der Waals surface area contributed by atoms with Gasteiger partial charge in [0.05, 0.1) is 17.9 Å². The summed E-state index contributed by atoms with van der Waals surface area (Å²) in [5.41, 5.74) is 1.51. The van der Waals surface area contributed by atoms with Crippen molar-refractivity contribution in [2.45, 2.75) is 6.54 Å². The summed E-state index contributed by atoms with van der Waals surface area (Å²) in [5.74, 6) is 0. The summed E-state index contributed by atoms with van der Waals surface area (Å²) in [7, 11) is 0. The highest BCUT2D eigenvalue weighted by molar-refractivity contribution is 9.11. The third-order valence-corrected chi connectivity index (χ3v) is 3.52. The average Bonchev–Trinajstić information content (AvgIpc) is 2.42. The third-order valence-electron chi connectivity index (χ3n) is 2.33. The molecule has 98 valence electrons. The number of benzene rings is 1. The van der Waals surface area contributed by atoms with Gasteiger partial charge in [0, 0.05) is 15.1 Å². The van der Waals surface area contributed by atoms with Gasteiger partial charge < -0.3 is 10.6 Å². The molecule has 4 nitrogen and oxygen atoms in total. The molecule has 19 heavy (non-hydrogen) atoms. The molecule has 6 heteroatoms. The molecule has 0 fully saturated rings. The Kier molecular flexibility index (Phi) is 4.93. The van der Waals surface area contributed by atoms with Gasteiger partial charge >= 0.3 is 6.03 Å². The average molecular weight is 385 g/mol. The van der Waals surface area contributed by atoms with Crippen LogP contribution in [0.1, 0.15) is 5.69 Å². The second kappa shape index (κ2) is 6.68. The fourth-order valence-corrected chi connectivity index (χ4v) is 2.14. The smallest absolute Gasteiger partial charge is 0.319 e. The number of hydrogen-bond acceptors (Lipinski definition) is 2. The zero-order chi connectivity index (χ0) is 13.7. The summed E-state index contributed by atoms with van der Waals surface area (Å²) in [6.07, 6.45) is 1.69. The standard InChI is InChI=1S/C13H11Br2N3O/c14-9-4-5-11(15)12(7-9)18-13(19)17-8-10-3-1-2-6-16-10/h1-7H,8H2,(H2,17,18,19). The maximum atomic E-state index is 11.8. The largest absolute Gasteiger partial charge is 0.332 e. The van der Waals surface area contributed by atoms with Crippen molar-refractivity contribution in [1.29, 1.82) is 0 Å². The molecule has 2 N–H and O–H groups in total. The first-order valence-electron chi connectivity index (χ1n) is 5.55. The number of nitrogens with zero attached hydrogens (tertiary/aromatic N) is 1. The Hall–Kier alpha value is -1.40. The molecule has 2 rings (SSSR count). The Morgan fingerprint density at radius 3 is 2.79 bits per heavy atom. The van der Waals surface area contributed by atoms with Crippen molar-refractivity contribution in [3.05, 3.63) is 57.2 Å². The Balaban J connectivity index is 1.93. The van der Waals surface area contributed by atoms with Gasteiger partial charge in [-0.05, 0) is 46.3 Å². The first-order chi connectivity index (χ1) is 9.15. The van der Waals surface area contributed by atoms with Gasteiger partial charge in [-0.3, -0.25) is 4.98 Å². The number of amides is 2. The minimum atomic E-state index is -0.274. The molecule has 2 aromatic rings. The van der Waals surface area contributed by atoms with E-state index in [1.807, 2.05) is 36.4 Å². The normalized spacial score (nSPS) is 10.0. The first-order valence-corrected chi connectivity index (χ1v) is 7.13. The summed E-state index contributed by atoms with van der Waals surface area (Å²) >= 11 is 6.74. The van der Waals surface area contributed by atoms with Crippen molar-refractivity contribution in [3.8, 4) is 0 Å². The number of carbonyl (C=O) groups is 1. The van der Waals surface area contributed by atoms with Gasteiger partial charge in [0.15, 0.2) is 0 Å². The highest BCUT2D eigenvalue weighted by atomic mass is 79.9. The van der Waals surface area contributed by atoms with Crippen LogP contribution >= 0.6 is 31.9 Å². The van der Waals surface area contributed by atoms with Crippen molar-refractivity contribution < 1.29 is 4.79 Å². The Morgan fingerprint density at radius 2 is 2.05 bits per heavy atom. The van der Waals surface area contributed by atoms with E-state index in [1.54, 1.807) is 6.20 Å². The lowest BCUT2D eigenvalue weighted by Gasteiger charge is -2.09. The number of carbonyl (C=O) groups excluding carboxylic acids is 1. The summed E-state index contributed by atoms with van der Waals surface area (Å²) < 4.78 is 1.72. The molecule has 0 saturated heterocycles. The molecule has 1 aromatic heterocycles. The van der Waals surface area contributed by atoms with E-state index >= 15 is 0 Å². The SMILES string of the molecule is O=C(NCc1ccccn1)Nc1cc(Br)ccc1Br. The van der Waals surface area contributed by atoms with E-state index in [9.17, 15) is 4.79 Å². The van der Waals surface area contributed by atoms with Gasteiger partial charge in [-0.15, -0.1) is 0 Å². The molecular formula is C13H11Br2N3O. The second-order valence-electron chi connectivity index (χ2n) is 3.75. The highest BCUT2D eigenvalue weighted by Gasteiger charge is 2.05. The predicted octanol–water partition coefficient (Wildman–Crippen LogP) is 3.93. The third kappa shape index (κ3) is 4.33. The van der Waals surface area contributed by atoms with E-state index in [1.165, 1.54) is 0 Å². The number of halogens is 2. The molecule has 2 amide bonds. The van der Waals surface area contributed by atoms with Gasteiger partial charge in [-0.25, -0.2) is 4.79 Å². The fraction of sp³-hybridized carbons (Fsp3) is 0.0769. The predicted molar refractivity (Wildman–Crippen MR) is 81.9 cm³/mol. The van der Waals surface area contributed by atoms with Crippen LogP contribution in [-0.2, 0) is 6.54 Å². The molecule has 0 aliphatic heterocycles. The zero-order valence-electron chi connectivity index (χ0n) is 9.86. The van der Waals surface area contributed by atoms with Crippen molar-refractivity contribution in [3.63, 3.8) is 0 Å². The maximum Gasteiger partial charge on any atom is 0.319 e. The summed E-state index contributed by atoms with van der Waals surface area (Å²) in [6.45, 7) is 0.387. The van der Waals surface area contributed by atoms with Crippen LogP contribution in [0.2, 0.25) is 0 Å². The quantitative estimate of drug-likeness (QED) is 0.842. The lowest BCUT2D eigenvalue weighted by atomic mass is 10.3. The number of nitrogens with one attached hydrogen (secondary N) is 2. The molecule has 0 aliphatic rings. The van der Waals surface area contributed by atoms with E-state index in [2.05, 4.69) is 47.5 Å². The monoisotopic (exact) mass is 383 g/mol. The molecule has 0 atom stereocenters. The first kappa shape index (κ1) is 14.0. The number of aromatic nitrogens is 1. The number of anilines is 1. The van der Waals surface area contributed by atoms with Crippen LogP contribution in [0, 0.1) is 0 Å². The van der Waals surface area contributed by atoms with Gasteiger partial charge in [-0.2, -0.15) is 0 Å². The number of rotatable bonds is 3. The van der Waals surface area contributed by atoms with Crippen molar-refractivity contribution in [2.24, 2.45) is 0 Å². The molecule has 1 aromatic carbocycles. The van der Waals surface area contributed by atoms with Crippen LogP contribution in [0.5, 0.6) is 0 Å². The molecule has 0 aliphatic carbocycles. The van der Waals surface area contributed by atoms with E-state index in [0.29, 0.717) is 12.2 Å². The lowest BCUT2D eigenvalue weighted by molar-refractivity contribution is 0.251. The Morgan fingerprint density at radius 1 is 1.21 bits per heavy atom. The second-order valence-corrected chi connectivity index (χ2v) is 5.52. The summed E-state index contributed by atoms with van der Waals surface area (Å²) in [6, 6.07) is 10.9. The van der Waals surface area contributed by atoms with Gasteiger partial charge in [0.1, 0.15) is 0 Å². The zero-order valence-corrected chi connectivity index (χ0v) is 13.0. The van der Waals surface area contributed by atoms with Gasteiger partial charge in [-0.1, -0.05) is 22.0 Å². The van der Waals surface area contributed by atoms with Crippen LogP contribution < -0.4 is 10.6 Å². The number of pyridine rings is 1. The van der Waals surface area contributed by atoms with Gasteiger partial charge in [0.25, 0.3) is 0 Å². The molecule has 0 saturated carbocycles. The molecular weight excluding hydrogens is 374 g/mol. The van der Waals surface area contributed by atoms with Crippen molar-refractivity contribution in [2.75, 3.05) is 5.32 Å². The van der Waals surface area contributed by atoms with Gasteiger partial charge in [0.2, 0.25) is 0 Å². The Labute approximate surface area is 127 Å². The van der Waals surface area contributed by atoms with Crippen molar-refractivity contribution in [1.82, 2.24) is 10.3 Å². The molecule has 0 bridgehead atoms. The van der Waals surface area contributed by atoms with E-state index < -0.39 is 0 Å². The minimum Gasteiger partial charge on any atom is -0.332 e. The minimum absolute atomic E-state index is 0.274. The van der Waals surface area contributed by atoms with Crippen LogP contribution in [0.15, 0.2) is 51.5 Å². The molecule has 0 unspecified atom stereocenters. The fourth-order valence-electron chi connectivity index (χ4n) is 1.43. The number of hydrogen-bond donors (Lipinski definition) is 2. The van der Waals surface area contributed by atoms with Crippen LogP contribution in [-0.4, -0.2) is 11.0 Å². The van der Waals surface area contributed by atoms with E-state index in [-0.39, 0.29) is 6.03 Å². The Bertz CT molecular complexity index is 575. The van der Waals surface area contributed by atoms with E-state index in [0.717, 1.165) is 14.6 Å². The molecule has 1 heterocycles. The van der Waals surface area contributed by atoms with Crippen LogP contribution in [0.25, 0.3) is 0 Å². The summed E-state index contributed by atoms with van der Waals surface area (Å²) in [5, 5.41) is 5.51. The van der Waals surface area contributed by atoms with E-state index in [4.69, 9.17) is 0 Å². The van der Waals surface area contributed by atoms with Crippen molar-refractivity contribution >= 4 is 43.6 Å². The maximum absolute atomic E-state index is 11.8. The van der Waals surface area contributed by atoms with Crippen LogP contribution in [0.3, 0.4) is 0 Å².